The van der Waals surface area contributed by atoms with Gasteiger partial charge in [-0.25, -0.2) is 13.2 Å². The molecule has 2 fully saturated rings. The van der Waals surface area contributed by atoms with Crippen molar-refractivity contribution in [1.82, 2.24) is 0 Å². The van der Waals surface area contributed by atoms with Crippen molar-refractivity contribution in [1.29, 1.82) is 0 Å². The molecule has 0 heterocycles. The Kier molecular flexibility index (Phi) is 8.41. The first-order valence-corrected chi connectivity index (χ1v) is 13.5. The molecule has 0 amide bonds. The molecule has 0 aliphatic heterocycles. The lowest BCUT2D eigenvalue weighted by Crippen LogP contribution is -2.37. The molecule has 3 aliphatic rings. The van der Waals surface area contributed by atoms with Gasteiger partial charge in [-0.1, -0.05) is 82.2 Å². The quantitative estimate of drug-likeness (QED) is 0.364. The van der Waals surface area contributed by atoms with E-state index in [1.807, 2.05) is 18.2 Å². The Morgan fingerprint density at radius 2 is 1.42 bits per heavy atom. The number of alkyl halides is 2. The van der Waals surface area contributed by atoms with E-state index in [4.69, 9.17) is 0 Å². The first kappa shape index (κ1) is 24.6. The van der Waals surface area contributed by atoms with E-state index in [2.05, 4.69) is 6.92 Å². The average molecular weight is 459 g/mol. The van der Waals surface area contributed by atoms with Crippen LogP contribution in [0.4, 0.5) is 13.2 Å². The van der Waals surface area contributed by atoms with Crippen molar-refractivity contribution in [2.45, 2.75) is 102 Å². The molecule has 3 heteroatoms. The zero-order chi connectivity index (χ0) is 23.3. The molecule has 4 rings (SSSR count). The highest BCUT2D eigenvalue weighted by Gasteiger charge is 2.46. The fraction of sp³-hybridized carbons (Fsp3) is 0.667. The summed E-state index contributed by atoms with van der Waals surface area (Å²) < 4.78 is 45.1. The number of unbranched alkanes of at least 4 members (excludes halogenated alkanes) is 1. The van der Waals surface area contributed by atoms with Gasteiger partial charge in [0.25, 0.3) is 0 Å². The van der Waals surface area contributed by atoms with Crippen LogP contribution in [0.3, 0.4) is 0 Å². The Labute approximate surface area is 198 Å². The molecule has 1 aromatic carbocycles. The predicted molar refractivity (Wildman–Crippen MR) is 132 cm³/mol. The van der Waals surface area contributed by atoms with Gasteiger partial charge in [0.05, 0.1) is 0 Å². The van der Waals surface area contributed by atoms with Crippen molar-refractivity contribution >= 4 is 5.57 Å². The standard InChI is InChI=1S/C30H41F3/c1-2-3-7-22-10-14-25(15-11-22)26-16-12-23(13-17-26)18-19-30(33)28(31)20-27(21-29(30)32)24-8-5-4-6-9-24/h4-6,8-9,20-23,25-26,28H,2-3,7,10-19H2,1H3. The minimum Gasteiger partial charge on any atom is -0.239 e. The second-order valence-electron chi connectivity index (χ2n) is 11.0. The summed E-state index contributed by atoms with van der Waals surface area (Å²) in [6.07, 6.45) is 15.3. The Bertz CT molecular complexity index is 797. The van der Waals surface area contributed by atoms with Crippen LogP contribution in [-0.4, -0.2) is 11.8 Å². The maximum atomic E-state index is 15.4. The molecular formula is C30H41F3. The highest BCUT2D eigenvalue weighted by Crippen LogP contribution is 2.46. The maximum Gasteiger partial charge on any atom is 0.196 e. The van der Waals surface area contributed by atoms with Gasteiger partial charge in [-0.2, -0.15) is 0 Å². The Morgan fingerprint density at radius 1 is 0.848 bits per heavy atom. The van der Waals surface area contributed by atoms with Crippen LogP contribution in [0.25, 0.3) is 5.57 Å². The Hall–Kier alpha value is -1.51. The summed E-state index contributed by atoms with van der Waals surface area (Å²) in [6, 6.07) is 9.09. The third kappa shape index (κ3) is 5.95. The number of rotatable bonds is 8. The van der Waals surface area contributed by atoms with Crippen LogP contribution in [0.5, 0.6) is 0 Å². The fourth-order valence-corrected chi connectivity index (χ4v) is 6.60. The summed E-state index contributed by atoms with van der Waals surface area (Å²) in [5, 5.41) is 0. The summed E-state index contributed by atoms with van der Waals surface area (Å²) in [4.78, 5) is 0. The van der Waals surface area contributed by atoms with Gasteiger partial charge in [0.15, 0.2) is 11.8 Å². The van der Waals surface area contributed by atoms with Crippen molar-refractivity contribution in [2.24, 2.45) is 23.7 Å². The molecule has 0 nitrogen and oxygen atoms in total. The molecule has 2 atom stereocenters. The molecule has 0 saturated heterocycles. The van der Waals surface area contributed by atoms with E-state index in [9.17, 15) is 8.78 Å². The van der Waals surface area contributed by atoms with Gasteiger partial charge in [0, 0.05) is 0 Å². The van der Waals surface area contributed by atoms with E-state index in [0.29, 0.717) is 17.9 Å². The molecule has 182 valence electrons. The number of halogens is 3. The third-order valence-electron chi connectivity index (χ3n) is 8.88. The van der Waals surface area contributed by atoms with Gasteiger partial charge in [-0.05, 0) is 85.5 Å². The normalized spacial score (nSPS) is 35.1. The van der Waals surface area contributed by atoms with Gasteiger partial charge in [0.2, 0.25) is 0 Å². The lowest BCUT2D eigenvalue weighted by atomic mass is 9.68. The highest BCUT2D eigenvalue weighted by molar-refractivity contribution is 5.76. The fourth-order valence-electron chi connectivity index (χ4n) is 6.60. The van der Waals surface area contributed by atoms with E-state index in [1.54, 1.807) is 12.1 Å². The molecule has 0 aromatic heterocycles. The van der Waals surface area contributed by atoms with Crippen molar-refractivity contribution in [3.8, 4) is 0 Å². The molecule has 0 N–H and O–H groups in total. The van der Waals surface area contributed by atoms with Crippen LogP contribution < -0.4 is 0 Å². The molecule has 2 saturated carbocycles. The second-order valence-corrected chi connectivity index (χ2v) is 11.0. The lowest BCUT2D eigenvalue weighted by Gasteiger charge is -2.38. The summed E-state index contributed by atoms with van der Waals surface area (Å²) in [7, 11) is 0. The summed E-state index contributed by atoms with van der Waals surface area (Å²) in [6.45, 7) is 2.28. The number of hydrogen-bond acceptors (Lipinski definition) is 0. The number of hydrogen-bond donors (Lipinski definition) is 0. The van der Waals surface area contributed by atoms with Crippen LogP contribution in [0.2, 0.25) is 0 Å². The summed E-state index contributed by atoms with van der Waals surface area (Å²) in [5.41, 5.74) is -1.36. The second kappa shape index (κ2) is 11.3. The largest absolute Gasteiger partial charge is 0.239 e. The summed E-state index contributed by atoms with van der Waals surface area (Å²) in [5.74, 6) is 2.07. The molecule has 2 unspecified atom stereocenters. The van der Waals surface area contributed by atoms with Gasteiger partial charge < -0.3 is 0 Å². The van der Waals surface area contributed by atoms with E-state index >= 15 is 4.39 Å². The predicted octanol–water partition coefficient (Wildman–Crippen LogP) is 9.57. The van der Waals surface area contributed by atoms with Crippen molar-refractivity contribution in [2.75, 3.05) is 0 Å². The first-order valence-electron chi connectivity index (χ1n) is 13.5. The average Bonchev–Trinajstić information content (AvgIpc) is 2.86. The molecule has 0 spiro atoms. The van der Waals surface area contributed by atoms with E-state index < -0.39 is 17.7 Å². The van der Waals surface area contributed by atoms with Crippen molar-refractivity contribution < 1.29 is 13.2 Å². The molecule has 3 aliphatic carbocycles. The van der Waals surface area contributed by atoms with Gasteiger partial charge in [-0.15, -0.1) is 0 Å². The van der Waals surface area contributed by atoms with Gasteiger partial charge >= 0.3 is 0 Å². The zero-order valence-electron chi connectivity index (χ0n) is 20.3. The SMILES string of the molecule is CCCCC1CCC(C2CCC(CCC3(F)C(F)=CC(c4ccccc4)=CC3F)CC2)CC1. The molecule has 33 heavy (non-hydrogen) atoms. The van der Waals surface area contributed by atoms with Gasteiger partial charge in [-0.3, -0.25) is 0 Å². The molecule has 0 radical (unpaired) electrons. The van der Waals surface area contributed by atoms with Crippen LogP contribution >= 0.6 is 0 Å². The zero-order valence-corrected chi connectivity index (χ0v) is 20.3. The van der Waals surface area contributed by atoms with Crippen LogP contribution in [-0.2, 0) is 0 Å². The third-order valence-corrected chi connectivity index (χ3v) is 8.88. The van der Waals surface area contributed by atoms with Crippen LogP contribution in [0.15, 0.2) is 48.3 Å². The van der Waals surface area contributed by atoms with Gasteiger partial charge in [0.1, 0.15) is 5.83 Å². The van der Waals surface area contributed by atoms with E-state index in [-0.39, 0.29) is 6.42 Å². The van der Waals surface area contributed by atoms with Crippen LogP contribution in [0.1, 0.15) is 96.0 Å². The lowest BCUT2D eigenvalue weighted by molar-refractivity contribution is 0.0652. The van der Waals surface area contributed by atoms with E-state index in [1.165, 1.54) is 69.9 Å². The minimum absolute atomic E-state index is 0.0626. The molecular weight excluding hydrogens is 417 g/mol. The Balaban J connectivity index is 1.24. The molecule has 0 bridgehead atoms. The molecule has 1 aromatic rings. The number of benzene rings is 1. The summed E-state index contributed by atoms with van der Waals surface area (Å²) >= 11 is 0. The van der Waals surface area contributed by atoms with Crippen LogP contribution in [0, 0.1) is 23.7 Å². The Morgan fingerprint density at radius 3 is 1.97 bits per heavy atom. The first-order chi connectivity index (χ1) is 16.0. The monoisotopic (exact) mass is 458 g/mol. The minimum atomic E-state index is -2.51. The number of allylic oxidation sites excluding steroid dienone is 4. The smallest absolute Gasteiger partial charge is 0.196 e. The van der Waals surface area contributed by atoms with E-state index in [0.717, 1.165) is 36.2 Å². The maximum absolute atomic E-state index is 15.4. The highest BCUT2D eigenvalue weighted by atomic mass is 19.2. The topological polar surface area (TPSA) is 0 Å². The van der Waals surface area contributed by atoms with Crippen molar-refractivity contribution in [3.05, 3.63) is 53.9 Å². The van der Waals surface area contributed by atoms with Crippen molar-refractivity contribution in [3.63, 3.8) is 0 Å².